The number of aryl methyl sites for hydroxylation is 3. The fourth-order valence-corrected chi connectivity index (χ4v) is 5.75. The number of hydrogen-bond acceptors (Lipinski definition) is 4. The standard InChI is InChI=1S/C31H33N5O2S/c1-19-9-10-20(2)27(16-19)35-21(3)17-25(22(35)4)30-29(26-8-6-7-15-32-26)34-31(39)36(30)24-13-11-23(12-14-24)33-28(37)18-38-5/h6-17,29-30H,18H2,1-5H3,(H,33,37)(H,34,39)/t29-,30+/m1/s1. The van der Waals surface area contributed by atoms with E-state index in [1.807, 2.05) is 48.7 Å². The topological polar surface area (TPSA) is 71.4 Å². The zero-order chi connectivity index (χ0) is 27.7. The zero-order valence-electron chi connectivity index (χ0n) is 22.9. The molecule has 200 valence electrons. The van der Waals surface area contributed by atoms with Crippen LogP contribution in [0, 0.1) is 27.7 Å². The molecule has 1 fully saturated rings. The van der Waals surface area contributed by atoms with Gasteiger partial charge in [0.15, 0.2) is 5.11 Å². The number of methoxy groups -OCH3 is 1. The first-order valence-corrected chi connectivity index (χ1v) is 13.3. The van der Waals surface area contributed by atoms with Crippen LogP contribution in [-0.2, 0) is 9.53 Å². The number of pyridine rings is 1. The maximum absolute atomic E-state index is 12.0. The van der Waals surface area contributed by atoms with Crippen LogP contribution in [0.5, 0.6) is 0 Å². The van der Waals surface area contributed by atoms with Gasteiger partial charge in [0, 0.05) is 41.8 Å². The van der Waals surface area contributed by atoms with Crippen molar-refractivity contribution in [1.82, 2.24) is 14.9 Å². The highest BCUT2D eigenvalue weighted by atomic mass is 32.1. The second kappa shape index (κ2) is 11.0. The molecule has 7 nitrogen and oxygen atoms in total. The van der Waals surface area contributed by atoms with Gasteiger partial charge >= 0.3 is 0 Å². The summed E-state index contributed by atoms with van der Waals surface area (Å²) < 4.78 is 7.26. The van der Waals surface area contributed by atoms with Gasteiger partial charge < -0.3 is 24.8 Å². The van der Waals surface area contributed by atoms with Gasteiger partial charge in [0.05, 0.1) is 17.8 Å². The van der Waals surface area contributed by atoms with Crippen LogP contribution in [0.2, 0.25) is 0 Å². The second-order valence-corrected chi connectivity index (χ2v) is 10.4. The van der Waals surface area contributed by atoms with E-state index in [0.717, 1.165) is 22.8 Å². The molecule has 8 heteroatoms. The summed E-state index contributed by atoms with van der Waals surface area (Å²) in [5.74, 6) is -0.199. The van der Waals surface area contributed by atoms with Gasteiger partial charge in [0.2, 0.25) is 5.91 Å². The van der Waals surface area contributed by atoms with Crippen LogP contribution in [-0.4, -0.2) is 34.3 Å². The van der Waals surface area contributed by atoms with Crippen molar-refractivity contribution in [2.24, 2.45) is 0 Å². The third-order valence-electron chi connectivity index (χ3n) is 7.20. The Labute approximate surface area is 234 Å². The van der Waals surface area contributed by atoms with Crippen molar-refractivity contribution in [3.63, 3.8) is 0 Å². The normalized spacial score (nSPS) is 16.8. The molecule has 1 aliphatic rings. The van der Waals surface area contributed by atoms with E-state index in [-0.39, 0.29) is 24.6 Å². The average Bonchev–Trinajstić information content (AvgIpc) is 3.41. The van der Waals surface area contributed by atoms with Crippen molar-refractivity contribution in [2.75, 3.05) is 23.9 Å². The summed E-state index contributed by atoms with van der Waals surface area (Å²) >= 11 is 5.92. The first-order valence-electron chi connectivity index (χ1n) is 12.9. The first kappa shape index (κ1) is 26.6. The van der Waals surface area contributed by atoms with Crippen LogP contribution >= 0.6 is 12.2 Å². The van der Waals surface area contributed by atoms with Gasteiger partial charge in [-0.1, -0.05) is 18.2 Å². The Morgan fingerprint density at radius 1 is 1.05 bits per heavy atom. The van der Waals surface area contributed by atoms with Crippen molar-refractivity contribution < 1.29 is 9.53 Å². The highest BCUT2D eigenvalue weighted by Gasteiger charge is 2.42. The summed E-state index contributed by atoms with van der Waals surface area (Å²) in [5, 5.41) is 7.03. The number of thiocarbonyl (C=S) groups is 1. The van der Waals surface area contributed by atoms with E-state index in [9.17, 15) is 4.79 Å². The van der Waals surface area contributed by atoms with Gasteiger partial charge in [-0.3, -0.25) is 9.78 Å². The van der Waals surface area contributed by atoms with E-state index >= 15 is 0 Å². The minimum absolute atomic E-state index is 0.00570. The zero-order valence-corrected chi connectivity index (χ0v) is 23.7. The Hall–Kier alpha value is -4.01. The monoisotopic (exact) mass is 539 g/mol. The minimum atomic E-state index is -0.199. The fraction of sp³-hybridized carbons (Fsp3) is 0.258. The highest BCUT2D eigenvalue weighted by Crippen LogP contribution is 2.44. The van der Waals surface area contributed by atoms with Crippen molar-refractivity contribution in [3.05, 3.63) is 107 Å². The summed E-state index contributed by atoms with van der Waals surface area (Å²) in [6.07, 6.45) is 1.82. The number of aromatic nitrogens is 2. The van der Waals surface area contributed by atoms with E-state index in [4.69, 9.17) is 21.9 Å². The number of hydrogen-bond donors (Lipinski definition) is 2. The number of ether oxygens (including phenoxy) is 1. The summed E-state index contributed by atoms with van der Waals surface area (Å²) in [6.45, 7) is 8.60. The van der Waals surface area contributed by atoms with Gasteiger partial charge in [-0.2, -0.15) is 0 Å². The lowest BCUT2D eigenvalue weighted by Crippen LogP contribution is -2.29. The molecule has 1 saturated heterocycles. The molecule has 0 bridgehead atoms. The van der Waals surface area contributed by atoms with Gasteiger partial charge in [-0.05, 0) is 105 Å². The fourth-order valence-electron chi connectivity index (χ4n) is 5.40. The number of nitrogens with zero attached hydrogens (tertiary/aromatic N) is 3. The van der Waals surface area contributed by atoms with E-state index < -0.39 is 0 Å². The van der Waals surface area contributed by atoms with Crippen LogP contribution in [0.15, 0.2) is 72.9 Å². The molecule has 1 amide bonds. The Balaban J connectivity index is 1.60. The van der Waals surface area contributed by atoms with Crippen molar-refractivity contribution in [1.29, 1.82) is 0 Å². The number of amides is 1. The van der Waals surface area contributed by atoms with Crippen LogP contribution in [0.3, 0.4) is 0 Å². The first-order chi connectivity index (χ1) is 18.8. The molecule has 0 unspecified atom stereocenters. The van der Waals surface area contributed by atoms with Crippen LogP contribution in [0.4, 0.5) is 11.4 Å². The van der Waals surface area contributed by atoms with Crippen LogP contribution < -0.4 is 15.5 Å². The summed E-state index contributed by atoms with van der Waals surface area (Å²) in [5.41, 5.74) is 9.67. The molecular weight excluding hydrogens is 506 g/mol. The SMILES string of the molecule is COCC(=O)Nc1ccc(N2C(=S)N[C@H](c3ccccn3)[C@@H]2c2cc(C)n(-c3cc(C)ccc3C)c2C)cc1. The third-order valence-corrected chi connectivity index (χ3v) is 7.51. The summed E-state index contributed by atoms with van der Waals surface area (Å²) in [6, 6.07) is 22.2. The molecule has 2 aromatic carbocycles. The van der Waals surface area contributed by atoms with Crippen molar-refractivity contribution >= 4 is 34.6 Å². The number of anilines is 2. The molecule has 0 saturated carbocycles. The lowest BCUT2D eigenvalue weighted by atomic mass is 9.96. The number of carbonyl (C=O) groups is 1. The molecule has 3 heterocycles. The lowest BCUT2D eigenvalue weighted by molar-refractivity contribution is -0.119. The third kappa shape index (κ3) is 5.17. The van der Waals surface area contributed by atoms with Gasteiger partial charge in [-0.25, -0.2) is 0 Å². The molecule has 5 rings (SSSR count). The molecule has 0 radical (unpaired) electrons. The van der Waals surface area contributed by atoms with Crippen LogP contribution in [0.25, 0.3) is 5.69 Å². The van der Waals surface area contributed by atoms with E-state index in [1.54, 1.807) is 0 Å². The van der Waals surface area contributed by atoms with E-state index in [1.165, 1.54) is 29.5 Å². The molecule has 4 aromatic rings. The average molecular weight is 540 g/mol. The number of nitrogens with one attached hydrogen (secondary N) is 2. The quantitative estimate of drug-likeness (QED) is 0.286. The molecular formula is C31H33N5O2S. The molecule has 2 aromatic heterocycles. The predicted octanol–water partition coefficient (Wildman–Crippen LogP) is 5.87. The molecule has 1 aliphatic heterocycles. The maximum Gasteiger partial charge on any atom is 0.250 e. The van der Waals surface area contributed by atoms with Gasteiger partial charge in [0.25, 0.3) is 0 Å². The Morgan fingerprint density at radius 2 is 1.82 bits per heavy atom. The molecule has 2 N–H and O–H groups in total. The smallest absolute Gasteiger partial charge is 0.250 e. The number of benzene rings is 2. The second-order valence-electron chi connectivity index (χ2n) is 9.98. The molecule has 39 heavy (non-hydrogen) atoms. The molecule has 0 spiro atoms. The predicted molar refractivity (Wildman–Crippen MR) is 160 cm³/mol. The maximum atomic E-state index is 12.0. The van der Waals surface area contributed by atoms with Gasteiger partial charge in [-0.15, -0.1) is 0 Å². The largest absolute Gasteiger partial charge is 0.375 e. The highest BCUT2D eigenvalue weighted by molar-refractivity contribution is 7.80. The van der Waals surface area contributed by atoms with E-state index in [2.05, 4.69) is 72.1 Å². The number of rotatable bonds is 7. The number of carbonyl (C=O) groups excluding carboxylic acids is 1. The van der Waals surface area contributed by atoms with Gasteiger partial charge in [0.1, 0.15) is 6.61 Å². The summed E-state index contributed by atoms with van der Waals surface area (Å²) in [4.78, 5) is 18.8. The minimum Gasteiger partial charge on any atom is -0.375 e. The molecule has 2 atom stereocenters. The van der Waals surface area contributed by atoms with Crippen LogP contribution in [0.1, 0.15) is 45.9 Å². The summed E-state index contributed by atoms with van der Waals surface area (Å²) in [7, 11) is 1.50. The lowest BCUT2D eigenvalue weighted by Gasteiger charge is -2.28. The van der Waals surface area contributed by atoms with Crippen molar-refractivity contribution in [2.45, 2.75) is 39.8 Å². The van der Waals surface area contributed by atoms with E-state index in [0.29, 0.717) is 10.8 Å². The Kier molecular flexibility index (Phi) is 7.50. The van der Waals surface area contributed by atoms with Crippen molar-refractivity contribution in [3.8, 4) is 5.69 Å². The molecule has 0 aliphatic carbocycles. The Morgan fingerprint density at radius 3 is 2.51 bits per heavy atom. The Bertz CT molecular complexity index is 1510.